The molecular weight excluding hydrogens is 162 g/mol. The highest BCUT2D eigenvalue weighted by Crippen LogP contribution is 2.18. The summed E-state index contributed by atoms with van der Waals surface area (Å²) >= 11 is 5.39. The number of alkyl halides is 2. The van der Waals surface area contributed by atoms with Crippen LogP contribution < -0.4 is 0 Å². The predicted molar refractivity (Wildman–Crippen MR) is 32.0 cm³/mol. The van der Waals surface area contributed by atoms with Crippen molar-refractivity contribution in [2.75, 3.05) is 0 Å². The quantitative estimate of drug-likeness (QED) is 0.621. The fraction of sp³-hybridized carbons (Fsp3) is 0.400. The Morgan fingerprint density at radius 3 is 2.50 bits per heavy atom. The van der Waals surface area contributed by atoms with Gasteiger partial charge in [0.05, 0.1) is 6.07 Å². The molecule has 0 bridgehead atoms. The zero-order valence-corrected chi connectivity index (χ0v) is 5.86. The smallest absolute Gasteiger partial charge is 0.256 e. The summed E-state index contributed by atoms with van der Waals surface area (Å²) in [5.74, 6) is 0. The van der Waals surface area contributed by atoms with E-state index in [1.165, 1.54) is 7.05 Å². The minimum Gasteiger partial charge on any atom is -0.256 e. The van der Waals surface area contributed by atoms with Gasteiger partial charge >= 0.3 is 0 Å². The Kier molecular flexibility index (Phi) is 1.89. The van der Waals surface area contributed by atoms with Crippen LogP contribution in [0.5, 0.6) is 0 Å². The predicted octanol–water partition coefficient (Wildman–Crippen LogP) is 1.81. The summed E-state index contributed by atoms with van der Waals surface area (Å²) in [5, 5.41) is 3.48. The van der Waals surface area contributed by atoms with E-state index in [2.05, 4.69) is 11.2 Å². The van der Waals surface area contributed by atoms with Gasteiger partial charge in [-0.25, -0.2) is 8.78 Å². The van der Waals surface area contributed by atoms with E-state index in [0.29, 0.717) is 0 Å². The molecular formula is C5H4ClF2N2. The van der Waals surface area contributed by atoms with Crippen LogP contribution in [0.15, 0.2) is 0 Å². The molecule has 1 heterocycles. The molecule has 0 N–H and O–H groups in total. The maximum absolute atomic E-state index is 11.8. The van der Waals surface area contributed by atoms with E-state index < -0.39 is 12.1 Å². The minimum absolute atomic E-state index is 0.0929. The van der Waals surface area contributed by atoms with Gasteiger partial charge in [0.15, 0.2) is 0 Å². The summed E-state index contributed by atoms with van der Waals surface area (Å²) in [4.78, 5) is 0. The van der Waals surface area contributed by atoms with Crippen LogP contribution in [0, 0.1) is 6.07 Å². The first-order valence-corrected chi connectivity index (χ1v) is 2.89. The summed E-state index contributed by atoms with van der Waals surface area (Å²) in [6.45, 7) is 0. The van der Waals surface area contributed by atoms with Crippen molar-refractivity contribution in [3.05, 3.63) is 16.9 Å². The maximum atomic E-state index is 11.8. The van der Waals surface area contributed by atoms with Crippen molar-refractivity contribution in [3.63, 3.8) is 0 Å². The van der Waals surface area contributed by atoms with Crippen LogP contribution >= 0.6 is 11.6 Å². The van der Waals surface area contributed by atoms with Gasteiger partial charge < -0.3 is 0 Å². The van der Waals surface area contributed by atoms with Gasteiger partial charge in [0.25, 0.3) is 6.43 Å². The van der Waals surface area contributed by atoms with Crippen molar-refractivity contribution in [1.82, 2.24) is 9.78 Å². The molecule has 0 aliphatic carbocycles. The molecule has 2 nitrogen and oxygen atoms in total. The van der Waals surface area contributed by atoms with Crippen LogP contribution in [0.1, 0.15) is 12.1 Å². The van der Waals surface area contributed by atoms with E-state index in [9.17, 15) is 8.78 Å². The van der Waals surface area contributed by atoms with Crippen molar-refractivity contribution < 1.29 is 8.78 Å². The van der Waals surface area contributed by atoms with E-state index >= 15 is 0 Å². The Balaban J connectivity index is 2.98. The molecule has 0 aliphatic rings. The van der Waals surface area contributed by atoms with Gasteiger partial charge in [0.1, 0.15) is 10.8 Å². The second kappa shape index (κ2) is 2.54. The van der Waals surface area contributed by atoms with E-state index in [-0.39, 0.29) is 5.15 Å². The molecule has 1 aromatic heterocycles. The lowest BCUT2D eigenvalue weighted by atomic mass is 10.5. The first-order valence-electron chi connectivity index (χ1n) is 2.51. The lowest BCUT2D eigenvalue weighted by Crippen LogP contribution is -1.91. The van der Waals surface area contributed by atoms with Crippen molar-refractivity contribution >= 4 is 11.6 Å². The van der Waals surface area contributed by atoms with Crippen LogP contribution in [0.2, 0.25) is 5.15 Å². The monoisotopic (exact) mass is 165 g/mol. The molecule has 0 amide bonds. The Labute approximate surface area is 61.4 Å². The lowest BCUT2D eigenvalue weighted by Gasteiger charge is -1.88. The zero-order chi connectivity index (χ0) is 7.72. The number of halogens is 3. The normalized spacial score (nSPS) is 10.9. The van der Waals surface area contributed by atoms with E-state index in [1.807, 2.05) is 0 Å². The van der Waals surface area contributed by atoms with Gasteiger partial charge in [-0.15, -0.1) is 0 Å². The Hall–Kier alpha value is -0.640. The van der Waals surface area contributed by atoms with Gasteiger partial charge in [0, 0.05) is 7.05 Å². The maximum Gasteiger partial charge on any atom is 0.282 e. The summed E-state index contributed by atoms with van der Waals surface area (Å²) in [5.41, 5.74) is -0.410. The summed E-state index contributed by atoms with van der Waals surface area (Å²) in [6, 6.07) is 2.21. The van der Waals surface area contributed by atoms with Crippen LogP contribution in [-0.2, 0) is 7.05 Å². The van der Waals surface area contributed by atoms with Crippen molar-refractivity contribution in [2.45, 2.75) is 6.43 Å². The minimum atomic E-state index is -2.60. The van der Waals surface area contributed by atoms with Crippen LogP contribution in [-0.4, -0.2) is 9.78 Å². The zero-order valence-electron chi connectivity index (χ0n) is 5.11. The number of aryl methyl sites for hydroxylation is 1. The SMILES string of the molecule is Cn1nc(C(F)F)[c]c1Cl. The third kappa shape index (κ3) is 1.26. The molecule has 1 radical (unpaired) electrons. The highest BCUT2D eigenvalue weighted by atomic mass is 35.5. The number of nitrogens with zero attached hydrogens (tertiary/aromatic N) is 2. The van der Waals surface area contributed by atoms with Crippen LogP contribution in [0.4, 0.5) is 8.78 Å². The first kappa shape index (κ1) is 7.47. The van der Waals surface area contributed by atoms with Gasteiger partial charge in [-0.1, -0.05) is 11.6 Å². The van der Waals surface area contributed by atoms with Crippen LogP contribution in [0.25, 0.3) is 0 Å². The molecule has 55 valence electrons. The Morgan fingerprint density at radius 1 is 1.70 bits per heavy atom. The molecule has 10 heavy (non-hydrogen) atoms. The van der Waals surface area contributed by atoms with Gasteiger partial charge in [-0.05, 0) is 0 Å². The molecule has 0 spiro atoms. The third-order valence-corrected chi connectivity index (χ3v) is 1.32. The summed E-state index contributed by atoms with van der Waals surface area (Å²) in [6.07, 6.45) is -2.60. The fourth-order valence-electron chi connectivity index (χ4n) is 0.515. The number of rotatable bonds is 1. The lowest BCUT2D eigenvalue weighted by molar-refractivity contribution is 0.145. The Bertz CT molecular complexity index is 214. The average molecular weight is 166 g/mol. The van der Waals surface area contributed by atoms with E-state index in [4.69, 9.17) is 11.6 Å². The third-order valence-electron chi connectivity index (χ3n) is 0.980. The van der Waals surface area contributed by atoms with Gasteiger partial charge in [-0.2, -0.15) is 5.10 Å². The number of aromatic nitrogens is 2. The standard InChI is InChI=1S/C5H4ClF2N2/c1-10-4(6)2-3(9-10)5(7)8/h5H,1H3. The largest absolute Gasteiger partial charge is 0.282 e. The van der Waals surface area contributed by atoms with Crippen molar-refractivity contribution in [3.8, 4) is 0 Å². The van der Waals surface area contributed by atoms with Crippen molar-refractivity contribution in [1.29, 1.82) is 0 Å². The van der Waals surface area contributed by atoms with Crippen LogP contribution in [0.3, 0.4) is 0 Å². The average Bonchev–Trinajstić information content (AvgIpc) is 2.13. The number of hydrogen-bond acceptors (Lipinski definition) is 1. The van der Waals surface area contributed by atoms with Gasteiger partial charge in [-0.3, -0.25) is 4.68 Å². The molecule has 0 saturated heterocycles. The molecule has 0 atom stereocenters. The molecule has 0 aliphatic heterocycles. The molecule has 1 rings (SSSR count). The molecule has 0 aromatic carbocycles. The number of hydrogen-bond donors (Lipinski definition) is 0. The molecule has 0 saturated carbocycles. The molecule has 0 fully saturated rings. The fourth-order valence-corrected chi connectivity index (χ4v) is 0.650. The second-order valence-electron chi connectivity index (χ2n) is 1.73. The highest BCUT2D eigenvalue weighted by molar-refractivity contribution is 6.29. The Morgan fingerprint density at radius 2 is 2.30 bits per heavy atom. The summed E-state index contributed by atoms with van der Waals surface area (Å²) in [7, 11) is 1.48. The highest BCUT2D eigenvalue weighted by Gasteiger charge is 2.12. The molecule has 0 unspecified atom stereocenters. The topological polar surface area (TPSA) is 17.8 Å². The van der Waals surface area contributed by atoms with Gasteiger partial charge in [0.2, 0.25) is 0 Å². The van der Waals surface area contributed by atoms with E-state index in [0.717, 1.165) is 4.68 Å². The molecule has 1 aromatic rings. The molecule has 5 heteroatoms. The first-order chi connectivity index (χ1) is 4.61. The van der Waals surface area contributed by atoms with Crippen molar-refractivity contribution in [2.24, 2.45) is 7.05 Å². The summed E-state index contributed by atoms with van der Waals surface area (Å²) < 4.78 is 24.7. The van der Waals surface area contributed by atoms with E-state index in [1.54, 1.807) is 0 Å². The second-order valence-corrected chi connectivity index (χ2v) is 2.08.